The van der Waals surface area contributed by atoms with Crippen molar-refractivity contribution < 1.29 is 14.3 Å². The average Bonchev–Trinajstić information content (AvgIpc) is 2.59. The van der Waals surface area contributed by atoms with E-state index < -0.39 is 11.6 Å². The number of methoxy groups -OCH3 is 1. The highest BCUT2D eigenvalue weighted by atomic mass is 35.5. The van der Waals surface area contributed by atoms with Gasteiger partial charge in [-0.25, -0.2) is 19.7 Å². The van der Waals surface area contributed by atoms with Crippen LogP contribution in [0.15, 0.2) is 24.5 Å². The van der Waals surface area contributed by atoms with Crippen molar-refractivity contribution in [3.05, 3.63) is 29.5 Å². The molecule has 2 heterocycles. The van der Waals surface area contributed by atoms with E-state index in [9.17, 15) is 4.79 Å². The smallest absolute Gasteiger partial charge is 0.413 e. The van der Waals surface area contributed by atoms with Gasteiger partial charge in [0, 0.05) is 23.5 Å². The van der Waals surface area contributed by atoms with E-state index in [2.05, 4.69) is 38.9 Å². The van der Waals surface area contributed by atoms with Gasteiger partial charge in [0.25, 0.3) is 0 Å². The van der Waals surface area contributed by atoms with E-state index >= 15 is 0 Å². The van der Waals surface area contributed by atoms with Crippen LogP contribution in [0.1, 0.15) is 27.2 Å². The Morgan fingerprint density at radius 1 is 1.41 bits per heavy atom. The summed E-state index contributed by atoms with van der Waals surface area (Å²) in [5.41, 5.74) is 6.97. The number of hydrogen-bond acceptors (Lipinski definition) is 7. The monoisotopic (exact) mass is 393 g/mol. The number of halogens is 1. The number of amides is 1. The molecular formula is C18H24ClN5O3. The Bertz CT molecular complexity index is 798. The van der Waals surface area contributed by atoms with E-state index in [1.165, 1.54) is 13.3 Å². The Balaban J connectivity index is 2.12. The van der Waals surface area contributed by atoms with Crippen molar-refractivity contribution in [3.8, 4) is 17.1 Å². The number of aromatic nitrogens is 3. The molecule has 0 unspecified atom stereocenters. The zero-order chi connectivity index (χ0) is 20.0. The van der Waals surface area contributed by atoms with E-state index in [1.54, 1.807) is 18.3 Å². The molecule has 27 heavy (non-hydrogen) atoms. The summed E-state index contributed by atoms with van der Waals surface area (Å²) in [5.74, 6) is 0.881. The first-order valence-corrected chi connectivity index (χ1v) is 8.83. The molecule has 0 aliphatic heterocycles. The molecule has 9 heteroatoms. The van der Waals surface area contributed by atoms with Gasteiger partial charge < -0.3 is 15.2 Å². The van der Waals surface area contributed by atoms with Crippen LogP contribution < -0.4 is 15.8 Å². The van der Waals surface area contributed by atoms with Crippen molar-refractivity contribution >= 4 is 23.6 Å². The number of nitrogens with one attached hydrogen (secondary N) is 1. The zero-order valence-corrected chi connectivity index (χ0v) is 16.6. The summed E-state index contributed by atoms with van der Waals surface area (Å²) in [4.78, 5) is 23.7. The first-order chi connectivity index (χ1) is 12.7. The number of pyridine rings is 1. The highest BCUT2D eigenvalue weighted by Gasteiger charge is 2.22. The molecule has 2 aromatic heterocycles. The van der Waals surface area contributed by atoms with Gasteiger partial charge >= 0.3 is 6.09 Å². The van der Waals surface area contributed by atoms with Crippen molar-refractivity contribution in [3.63, 3.8) is 0 Å². The van der Waals surface area contributed by atoms with Crippen LogP contribution in [0.5, 0.6) is 5.88 Å². The molecule has 0 spiro atoms. The van der Waals surface area contributed by atoms with E-state index in [0.717, 1.165) is 6.42 Å². The predicted octanol–water partition coefficient (Wildman–Crippen LogP) is 3.51. The molecule has 0 aliphatic carbocycles. The fourth-order valence-electron chi connectivity index (χ4n) is 2.62. The minimum Gasteiger partial charge on any atom is -0.475 e. The molecule has 3 N–H and O–H groups in total. The molecule has 2 aromatic rings. The fourth-order valence-corrected chi connectivity index (χ4v) is 2.84. The van der Waals surface area contributed by atoms with E-state index in [0.29, 0.717) is 34.7 Å². The summed E-state index contributed by atoms with van der Waals surface area (Å²) >= 11 is 6.30. The van der Waals surface area contributed by atoms with E-state index in [-0.39, 0.29) is 5.95 Å². The first kappa shape index (κ1) is 20.9. The largest absolute Gasteiger partial charge is 0.475 e. The number of carbonyl (C=O) groups excluding carboxylic acids is 1. The lowest BCUT2D eigenvalue weighted by atomic mass is 9.93. The molecular weight excluding hydrogens is 370 g/mol. The van der Waals surface area contributed by atoms with Gasteiger partial charge in [-0.3, -0.25) is 5.32 Å². The first-order valence-electron chi connectivity index (χ1n) is 8.46. The van der Waals surface area contributed by atoms with Crippen LogP contribution >= 0.6 is 11.6 Å². The van der Waals surface area contributed by atoms with Gasteiger partial charge in [-0.05, 0) is 31.4 Å². The van der Waals surface area contributed by atoms with Crippen molar-refractivity contribution in [1.82, 2.24) is 15.0 Å². The second-order valence-corrected chi connectivity index (χ2v) is 7.34. The second kappa shape index (κ2) is 8.96. The van der Waals surface area contributed by atoms with E-state index in [4.69, 9.17) is 22.1 Å². The molecule has 1 amide bonds. The lowest BCUT2D eigenvalue weighted by Crippen LogP contribution is -2.43. The molecule has 0 saturated heterocycles. The number of ether oxygens (including phenoxy) is 2. The maximum Gasteiger partial charge on any atom is 0.413 e. The highest BCUT2D eigenvalue weighted by Crippen LogP contribution is 2.28. The fraction of sp³-hybridized carbons (Fsp3) is 0.444. The molecule has 2 rings (SSSR count). The number of nitrogens with zero attached hydrogens (tertiary/aromatic N) is 3. The van der Waals surface area contributed by atoms with Crippen molar-refractivity contribution in [2.45, 2.75) is 32.7 Å². The summed E-state index contributed by atoms with van der Waals surface area (Å²) in [6, 6.07) is 3.36. The molecule has 0 fully saturated rings. The van der Waals surface area contributed by atoms with Crippen molar-refractivity contribution in [1.29, 1.82) is 0 Å². The summed E-state index contributed by atoms with van der Waals surface area (Å²) in [6.07, 6.45) is 3.26. The lowest BCUT2D eigenvalue weighted by molar-refractivity contribution is 0.186. The Labute approximate surface area is 163 Å². The standard InChI is InChI=1S/C18H24ClN5O3/c1-11(2)8-18(3,20)10-27-15-13(19)7-12(9-22-15)14-5-6-21-16(23-14)24-17(25)26-4/h5-7,9,11H,8,10,20H2,1-4H3,(H,21,23,24,25)/t18-/m0/s1. The zero-order valence-electron chi connectivity index (χ0n) is 15.8. The lowest BCUT2D eigenvalue weighted by Gasteiger charge is -2.26. The van der Waals surface area contributed by atoms with Crippen LogP contribution in [0.2, 0.25) is 5.02 Å². The summed E-state index contributed by atoms with van der Waals surface area (Å²) < 4.78 is 10.2. The van der Waals surface area contributed by atoms with Gasteiger partial charge in [0.05, 0.1) is 12.8 Å². The molecule has 0 bridgehead atoms. The van der Waals surface area contributed by atoms with Crippen molar-refractivity contribution in [2.24, 2.45) is 11.7 Å². The van der Waals surface area contributed by atoms with Gasteiger partial charge in [0.2, 0.25) is 11.8 Å². The average molecular weight is 394 g/mol. The molecule has 0 saturated carbocycles. The Kier molecular flexibility index (Phi) is 6.92. The number of nitrogens with two attached hydrogens (primary N) is 1. The number of anilines is 1. The summed E-state index contributed by atoms with van der Waals surface area (Å²) in [6.45, 7) is 6.45. The van der Waals surface area contributed by atoms with Gasteiger partial charge in [-0.15, -0.1) is 0 Å². The van der Waals surface area contributed by atoms with Crippen LogP contribution in [-0.2, 0) is 4.74 Å². The molecule has 0 radical (unpaired) electrons. The molecule has 8 nitrogen and oxygen atoms in total. The predicted molar refractivity (Wildman–Crippen MR) is 104 cm³/mol. The number of carbonyl (C=O) groups is 1. The highest BCUT2D eigenvalue weighted by molar-refractivity contribution is 6.32. The van der Waals surface area contributed by atoms with Gasteiger partial charge in [-0.2, -0.15) is 0 Å². The summed E-state index contributed by atoms with van der Waals surface area (Å²) in [5, 5.41) is 2.75. The second-order valence-electron chi connectivity index (χ2n) is 6.93. The topological polar surface area (TPSA) is 112 Å². The van der Waals surface area contributed by atoms with Crippen LogP contribution in [0.3, 0.4) is 0 Å². The third kappa shape index (κ3) is 6.33. The van der Waals surface area contributed by atoms with Gasteiger partial charge in [0.15, 0.2) is 0 Å². The Morgan fingerprint density at radius 3 is 2.78 bits per heavy atom. The third-order valence-corrected chi connectivity index (χ3v) is 3.84. The van der Waals surface area contributed by atoms with Crippen LogP contribution in [0, 0.1) is 5.92 Å². The van der Waals surface area contributed by atoms with E-state index in [1.807, 2.05) is 6.92 Å². The SMILES string of the molecule is COC(=O)Nc1nccc(-c2cnc(OC[C@@](C)(N)CC(C)C)c(Cl)c2)n1. The summed E-state index contributed by atoms with van der Waals surface area (Å²) in [7, 11) is 1.26. The minimum atomic E-state index is -0.654. The van der Waals surface area contributed by atoms with Crippen LogP contribution in [-0.4, -0.2) is 40.3 Å². The van der Waals surface area contributed by atoms with Crippen LogP contribution in [0.25, 0.3) is 11.3 Å². The normalized spacial score (nSPS) is 13.1. The molecule has 1 atom stereocenters. The number of hydrogen-bond donors (Lipinski definition) is 2. The van der Waals surface area contributed by atoms with Crippen molar-refractivity contribution in [2.75, 3.05) is 19.0 Å². The van der Waals surface area contributed by atoms with Crippen LogP contribution in [0.4, 0.5) is 10.7 Å². The Morgan fingerprint density at radius 2 is 2.15 bits per heavy atom. The molecule has 0 aromatic carbocycles. The minimum absolute atomic E-state index is 0.114. The molecule has 0 aliphatic rings. The van der Waals surface area contributed by atoms with Gasteiger partial charge in [-0.1, -0.05) is 25.4 Å². The van der Waals surface area contributed by atoms with Gasteiger partial charge in [0.1, 0.15) is 11.6 Å². The quantitative estimate of drug-likeness (QED) is 0.739. The Hall–Kier alpha value is -2.45. The number of rotatable bonds is 7. The maximum atomic E-state index is 11.3. The third-order valence-electron chi connectivity index (χ3n) is 3.57. The molecule has 146 valence electrons. The maximum absolute atomic E-state index is 11.3.